The highest BCUT2D eigenvalue weighted by Crippen LogP contribution is 2.18. The fourth-order valence-corrected chi connectivity index (χ4v) is 2.09. The van der Waals surface area contributed by atoms with Gasteiger partial charge >= 0.3 is 0 Å². The number of furan rings is 1. The molecule has 2 heterocycles. The van der Waals surface area contributed by atoms with Crippen LogP contribution in [-0.4, -0.2) is 27.5 Å². The van der Waals surface area contributed by atoms with Gasteiger partial charge in [0.2, 0.25) is 0 Å². The average molecular weight is 260 g/mol. The molecule has 0 saturated heterocycles. The maximum Gasteiger partial charge on any atom is 0.287 e. The number of nitrogens with two attached hydrogens (primary N) is 1. The molecule has 0 bridgehead atoms. The van der Waals surface area contributed by atoms with E-state index in [0.29, 0.717) is 12.3 Å². The number of rotatable bonds is 4. The smallest absolute Gasteiger partial charge is 0.287 e. The first-order valence-corrected chi connectivity index (χ1v) is 6.33. The van der Waals surface area contributed by atoms with Crippen LogP contribution in [0.3, 0.4) is 0 Å². The van der Waals surface area contributed by atoms with E-state index in [2.05, 4.69) is 10.3 Å². The number of hydrogen-bond acceptors (Lipinski definition) is 4. The monoisotopic (exact) mass is 260 g/mol. The normalized spacial score (nSPS) is 21.9. The molecule has 0 aliphatic heterocycles. The Hall–Kier alpha value is -2.08. The topological polar surface area (TPSA) is 86.1 Å². The molecule has 1 aliphatic carbocycles. The standard InChI is InChI=1S/C13H16N4O2/c14-10-2-3-11(10)16-13(18)12-4-1-9(19-12)7-17-6-5-15-8-17/h1,4-6,8,10-11H,2-3,7,14H2,(H,16,18)/t10-,11+/m1/s1. The molecule has 0 radical (unpaired) electrons. The summed E-state index contributed by atoms with van der Waals surface area (Å²) in [5.41, 5.74) is 5.79. The summed E-state index contributed by atoms with van der Waals surface area (Å²) in [7, 11) is 0. The second-order valence-corrected chi connectivity index (χ2v) is 4.82. The van der Waals surface area contributed by atoms with Crippen molar-refractivity contribution in [3.8, 4) is 0 Å². The first-order valence-electron chi connectivity index (χ1n) is 6.33. The van der Waals surface area contributed by atoms with Crippen LogP contribution in [0.25, 0.3) is 0 Å². The zero-order valence-electron chi connectivity index (χ0n) is 10.5. The van der Waals surface area contributed by atoms with E-state index >= 15 is 0 Å². The lowest BCUT2D eigenvalue weighted by Gasteiger charge is -2.33. The van der Waals surface area contributed by atoms with Gasteiger partial charge in [-0.25, -0.2) is 4.98 Å². The number of aromatic nitrogens is 2. The lowest BCUT2D eigenvalue weighted by Crippen LogP contribution is -2.54. The number of carbonyl (C=O) groups excluding carboxylic acids is 1. The molecule has 1 fully saturated rings. The number of nitrogens with one attached hydrogen (secondary N) is 1. The summed E-state index contributed by atoms with van der Waals surface area (Å²) in [4.78, 5) is 15.9. The van der Waals surface area contributed by atoms with Crippen molar-refractivity contribution in [2.45, 2.75) is 31.5 Å². The largest absolute Gasteiger partial charge is 0.454 e. The summed E-state index contributed by atoms with van der Waals surface area (Å²) in [6, 6.07) is 3.64. The Morgan fingerprint density at radius 3 is 3.05 bits per heavy atom. The maximum absolute atomic E-state index is 11.9. The van der Waals surface area contributed by atoms with Crippen LogP contribution in [-0.2, 0) is 6.54 Å². The zero-order valence-corrected chi connectivity index (χ0v) is 10.5. The summed E-state index contributed by atoms with van der Waals surface area (Å²) in [5.74, 6) is 0.854. The molecule has 2 aromatic heterocycles. The van der Waals surface area contributed by atoms with E-state index in [1.807, 2.05) is 10.8 Å². The van der Waals surface area contributed by atoms with Crippen molar-refractivity contribution in [3.05, 3.63) is 42.4 Å². The SMILES string of the molecule is N[C@@H]1CC[C@@H]1NC(=O)c1ccc(Cn2ccnc2)o1. The van der Waals surface area contributed by atoms with Crippen molar-refractivity contribution in [1.29, 1.82) is 0 Å². The fraction of sp³-hybridized carbons (Fsp3) is 0.385. The first-order chi connectivity index (χ1) is 9.22. The fourth-order valence-electron chi connectivity index (χ4n) is 2.09. The van der Waals surface area contributed by atoms with E-state index in [0.717, 1.165) is 18.6 Å². The minimum atomic E-state index is -0.197. The van der Waals surface area contributed by atoms with E-state index in [1.54, 1.807) is 24.7 Å². The Bertz CT molecular complexity index is 561. The highest BCUT2D eigenvalue weighted by molar-refractivity contribution is 5.91. The lowest BCUT2D eigenvalue weighted by molar-refractivity contribution is 0.0875. The molecule has 6 nitrogen and oxygen atoms in total. The molecule has 1 aliphatic rings. The Morgan fingerprint density at radius 1 is 1.53 bits per heavy atom. The molecule has 3 N–H and O–H groups in total. The van der Waals surface area contributed by atoms with Crippen LogP contribution in [0, 0.1) is 0 Å². The van der Waals surface area contributed by atoms with Crippen LogP contribution in [0.15, 0.2) is 35.3 Å². The minimum Gasteiger partial charge on any atom is -0.454 e. The van der Waals surface area contributed by atoms with Crippen molar-refractivity contribution in [2.24, 2.45) is 5.73 Å². The van der Waals surface area contributed by atoms with E-state index < -0.39 is 0 Å². The third-order valence-corrected chi connectivity index (χ3v) is 3.43. The molecule has 1 saturated carbocycles. The van der Waals surface area contributed by atoms with Crippen LogP contribution < -0.4 is 11.1 Å². The van der Waals surface area contributed by atoms with Crippen LogP contribution >= 0.6 is 0 Å². The van der Waals surface area contributed by atoms with Gasteiger partial charge < -0.3 is 20.0 Å². The summed E-state index contributed by atoms with van der Waals surface area (Å²) in [5, 5.41) is 2.88. The van der Waals surface area contributed by atoms with Gasteiger partial charge in [-0.3, -0.25) is 4.79 Å². The zero-order chi connectivity index (χ0) is 13.2. The lowest BCUT2D eigenvalue weighted by atomic mass is 9.87. The summed E-state index contributed by atoms with van der Waals surface area (Å²) < 4.78 is 7.40. The van der Waals surface area contributed by atoms with Crippen LogP contribution in [0.4, 0.5) is 0 Å². The molecule has 3 rings (SSSR count). The van der Waals surface area contributed by atoms with Gasteiger partial charge in [0, 0.05) is 24.5 Å². The van der Waals surface area contributed by atoms with Gasteiger partial charge in [-0.1, -0.05) is 0 Å². The van der Waals surface area contributed by atoms with Gasteiger partial charge in [-0.15, -0.1) is 0 Å². The number of carbonyl (C=O) groups is 1. The molecule has 2 atom stereocenters. The summed E-state index contributed by atoms with van der Waals surface area (Å²) in [6.07, 6.45) is 7.16. The number of amides is 1. The van der Waals surface area contributed by atoms with Crippen molar-refractivity contribution in [3.63, 3.8) is 0 Å². The third kappa shape index (κ3) is 2.53. The average Bonchev–Trinajstić information content (AvgIpc) is 3.06. The van der Waals surface area contributed by atoms with E-state index in [-0.39, 0.29) is 18.0 Å². The first kappa shape index (κ1) is 12.0. The third-order valence-electron chi connectivity index (χ3n) is 3.43. The van der Waals surface area contributed by atoms with Crippen molar-refractivity contribution in [1.82, 2.24) is 14.9 Å². The van der Waals surface area contributed by atoms with Crippen molar-refractivity contribution in [2.75, 3.05) is 0 Å². The minimum absolute atomic E-state index is 0.0735. The Labute approximate surface area is 110 Å². The van der Waals surface area contributed by atoms with Crippen LogP contribution in [0.5, 0.6) is 0 Å². The summed E-state index contributed by atoms with van der Waals surface area (Å²) >= 11 is 0. The Kier molecular flexibility index (Phi) is 3.08. The molecular weight excluding hydrogens is 244 g/mol. The Balaban J connectivity index is 1.62. The second kappa shape index (κ2) is 4.89. The highest BCUT2D eigenvalue weighted by Gasteiger charge is 2.29. The molecule has 19 heavy (non-hydrogen) atoms. The molecule has 100 valence electrons. The Morgan fingerprint density at radius 2 is 2.42 bits per heavy atom. The molecule has 6 heteroatoms. The van der Waals surface area contributed by atoms with Crippen LogP contribution in [0.2, 0.25) is 0 Å². The highest BCUT2D eigenvalue weighted by atomic mass is 16.4. The van der Waals surface area contributed by atoms with E-state index in [9.17, 15) is 4.79 Å². The molecule has 0 spiro atoms. The molecule has 0 unspecified atom stereocenters. The van der Waals surface area contributed by atoms with Gasteiger partial charge in [-0.05, 0) is 25.0 Å². The summed E-state index contributed by atoms with van der Waals surface area (Å²) in [6.45, 7) is 0.566. The van der Waals surface area contributed by atoms with Crippen LogP contribution in [0.1, 0.15) is 29.2 Å². The molecule has 1 amide bonds. The van der Waals surface area contributed by atoms with Crippen molar-refractivity contribution < 1.29 is 9.21 Å². The van der Waals surface area contributed by atoms with E-state index in [4.69, 9.17) is 10.2 Å². The van der Waals surface area contributed by atoms with Gasteiger partial charge in [0.05, 0.1) is 12.9 Å². The molecule has 2 aromatic rings. The number of nitrogens with zero attached hydrogens (tertiary/aromatic N) is 2. The second-order valence-electron chi connectivity index (χ2n) is 4.82. The maximum atomic E-state index is 11.9. The van der Waals surface area contributed by atoms with Gasteiger partial charge in [0.25, 0.3) is 5.91 Å². The van der Waals surface area contributed by atoms with Crippen molar-refractivity contribution >= 4 is 5.91 Å². The predicted octanol–water partition coefficient (Wildman–Crippen LogP) is 0.744. The number of imidazole rings is 1. The predicted molar refractivity (Wildman–Crippen MR) is 68.5 cm³/mol. The molecule has 0 aromatic carbocycles. The number of hydrogen-bond donors (Lipinski definition) is 2. The van der Waals surface area contributed by atoms with Gasteiger partial charge in [0.1, 0.15) is 5.76 Å². The van der Waals surface area contributed by atoms with E-state index in [1.165, 1.54) is 0 Å². The van der Waals surface area contributed by atoms with Gasteiger partial charge in [-0.2, -0.15) is 0 Å². The van der Waals surface area contributed by atoms with Gasteiger partial charge in [0.15, 0.2) is 5.76 Å². The molecular formula is C13H16N4O2. The quantitative estimate of drug-likeness (QED) is 0.849.